The number of nitrogens with two attached hydrogens (primary N) is 1. The van der Waals surface area contributed by atoms with Crippen LogP contribution in [-0.4, -0.2) is 29.0 Å². The Morgan fingerprint density at radius 2 is 1.91 bits per heavy atom. The van der Waals surface area contributed by atoms with Gasteiger partial charge in [0.1, 0.15) is 0 Å². The number of hydrogen-bond donors (Lipinski definition) is 3. The Morgan fingerprint density at radius 1 is 1.27 bits per heavy atom. The molecule has 0 amide bonds. The third kappa shape index (κ3) is 7.78. The summed E-state index contributed by atoms with van der Waals surface area (Å²) in [4.78, 5) is 0. The predicted octanol–water partition coefficient (Wildman–Crippen LogP) is 0.247. The van der Waals surface area contributed by atoms with Crippen molar-refractivity contribution in [2.75, 3.05) is 6.54 Å². The Morgan fingerprint density at radius 3 is 2.36 bits per heavy atom. The molecule has 0 rings (SSSR count). The molecule has 0 saturated heterocycles. The van der Waals surface area contributed by atoms with E-state index in [0.29, 0.717) is 13.0 Å². The van der Waals surface area contributed by atoms with E-state index >= 15 is 0 Å². The largest absolute Gasteiger partial charge is 0.393 e. The molecule has 0 aliphatic rings. The van der Waals surface area contributed by atoms with E-state index in [1.54, 1.807) is 6.92 Å². The first-order chi connectivity index (χ1) is 5.16. The minimum absolute atomic E-state index is 0.360. The lowest BCUT2D eigenvalue weighted by atomic mass is 10.1. The lowest BCUT2D eigenvalue weighted by molar-refractivity contribution is 0.0836. The van der Waals surface area contributed by atoms with E-state index in [1.165, 1.54) is 0 Å². The molecule has 0 aromatic carbocycles. The molecule has 0 aliphatic carbocycles. The van der Waals surface area contributed by atoms with Crippen LogP contribution < -0.4 is 5.73 Å². The van der Waals surface area contributed by atoms with Crippen molar-refractivity contribution < 1.29 is 10.2 Å². The molecule has 4 N–H and O–H groups in total. The molecule has 0 aromatic heterocycles. The Bertz CT molecular complexity index is 86.2. The Balaban J connectivity index is 3.15. The first kappa shape index (κ1) is 10.9. The number of aliphatic hydroxyl groups excluding tert-OH is 2. The van der Waals surface area contributed by atoms with Crippen LogP contribution in [-0.2, 0) is 0 Å². The number of unbranched alkanes of at least 4 members (excludes halogenated alkanes) is 1. The highest BCUT2D eigenvalue weighted by molar-refractivity contribution is 4.59. The van der Waals surface area contributed by atoms with Crippen molar-refractivity contribution >= 4 is 0 Å². The molecule has 2 atom stereocenters. The molecule has 0 aromatic rings. The van der Waals surface area contributed by atoms with Gasteiger partial charge in [0, 0.05) is 0 Å². The molecular formula is C8H19NO2. The van der Waals surface area contributed by atoms with Crippen LogP contribution in [0.4, 0.5) is 0 Å². The van der Waals surface area contributed by atoms with Crippen LogP contribution in [0.15, 0.2) is 0 Å². The van der Waals surface area contributed by atoms with E-state index in [4.69, 9.17) is 10.8 Å². The van der Waals surface area contributed by atoms with Crippen LogP contribution in [0.3, 0.4) is 0 Å². The van der Waals surface area contributed by atoms with Gasteiger partial charge < -0.3 is 15.9 Å². The SMILES string of the molecule is C[C@@H](O)C[C@H](O)CCCCN. The lowest BCUT2D eigenvalue weighted by Crippen LogP contribution is -2.15. The van der Waals surface area contributed by atoms with E-state index in [-0.39, 0.29) is 6.10 Å². The zero-order valence-corrected chi connectivity index (χ0v) is 7.16. The maximum atomic E-state index is 9.25. The molecule has 0 aliphatic heterocycles. The van der Waals surface area contributed by atoms with Crippen LogP contribution in [0, 0.1) is 0 Å². The minimum Gasteiger partial charge on any atom is -0.393 e. The summed E-state index contributed by atoms with van der Waals surface area (Å²) in [5.41, 5.74) is 5.28. The minimum atomic E-state index is -0.400. The summed E-state index contributed by atoms with van der Waals surface area (Å²) < 4.78 is 0. The maximum Gasteiger partial charge on any atom is 0.0564 e. The summed E-state index contributed by atoms with van der Waals surface area (Å²) in [5.74, 6) is 0. The Hall–Kier alpha value is -0.120. The van der Waals surface area contributed by atoms with Crippen LogP contribution in [0.5, 0.6) is 0 Å². The fourth-order valence-corrected chi connectivity index (χ4v) is 1.04. The van der Waals surface area contributed by atoms with Crippen molar-refractivity contribution in [1.29, 1.82) is 0 Å². The molecule has 0 bridgehead atoms. The molecule has 0 radical (unpaired) electrons. The van der Waals surface area contributed by atoms with Gasteiger partial charge in [-0.05, 0) is 39.2 Å². The van der Waals surface area contributed by atoms with Gasteiger partial charge in [-0.2, -0.15) is 0 Å². The topological polar surface area (TPSA) is 66.5 Å². The molecular weight excluding hydrogens is 142 g/mol. The molecule has 3 heteroatoms. The predicted molar refractivity (Wildman–Crippen MR) is 45.2 cm³/mol. The van der Waals surface area contributed by atoms with Gasteiger partial charge in [-0.1, -0.05) is 0 Å². The molecule has 11 heavy (non-hydrogen) atoms. The highest BCUT2D eigenvalue weighted by atomic mass is 16.3. The van der Waals surface area contributed by atoms with E-state index in [2.05, 4.69) is 0 Å². The monoisotopic (exact) mass is 161 g/mol. The molecule has 0 unspecified atom stereocenters. The fraction of sp³-hybridized carbons (Fsp3) is 1.00. The first-order valence-corrected chi connectivity index (χ1v) is 4.23. The van der Waals surface area contributed by atoms with Crippen LogP contribution >= 0.6 is 0 Å². The van der Waals surface area contributed by atoms with Crippen molar-refractivity contribution in [2.24, 2.45) is 5.73 Å². The standard InChI is InChI=1S/C8H19NO2/c1-7(10)6-8(11)4-2-3-5-9/h7-8,10-11H,2-6,9H2,1H3/t7-,8-/m1/s1. The molecule has 0 saturated carbocycles. The van der Waals surface area contributed by atoms with Crippen molar-refractivity contribution in [3.05, 3.63) is 0 Å². The second-order valence-electron chi connectivity index (χ2n) is 3.02. The number of rotatable bonds is 6. The van der Waals surface area contributed by atoms with E-state index in [1.807, 2.05) is 0 Å². The lowest BCUT2D eigenvalue weighted by Gasteiger charge is -2.11. The van der Waals surface area contributed by atoms with Crippen molar-refractivity contribution in [3.63, 3.8) is 0 Å². The highest BCUT2D eigenvalue weighted by Gasteiger charge is 2.06. The van der Waals surface area contributed by atoms with Crippen molar-refractivity contribution in [3.8, 4) is 0 Å². The average Bonchev–Trinajstić information content (AvgIpc) is 1.86. The van der Waals surface area contributed by atoms with Gasteiger partial charge in [-0.15, -0.1) is 0 Å². The van der Waals surface area contributed by atoms with Gasteiger partial charge in [0.25, 0.3) is 0 Å². The summed E-state index contributed by atoms with van der Waals surface area (Å²) in [6, 6.07) is 0. The van der Waals surface area contributed by atoms with E-state index in [9.17, 15) is 5.11 Å². The number of hydrogen-bond acceptors (Lipinski definition) is 3. The maximum absolute atomic E-state index is 9.25. The summed E-state index contributed by atoms with van der Waals surface area (Å²) in [6.45, 7) is 2.37. The van der Waals surface area contributed by atoms with Crippen LogP contribution in [0.2, 0.25) is 0 Å². The summed E-state index contributed by atoms with van der Waals surface area (Å²) >= 11 is 0. The van der Waals surface area contributed by atoms with Crippen LogP contribution in [0.1, 0.15) is 32.6 Å². The Kier molecular flexibility index (Phi) is 6.51. The second-order valence-corrected chi connectivity index (χ2v) is 3.02. The van der Waals surface area contributed by atoms with Crippen molar-refractivity contribution in [2.45, 2.75) is 44.8 Å². The fourth-order valence-electron chi connectivity index (χ4n) is 1.04. The summed E-state index contributed by atoms with van der Waals surface area (Å²) in [6.07, 6.45) is 2.37. The highest BCUT2D eigenvalue weighted by Crippen LogP contribution is 2.05. The third-order valence-electron chi connectivity index (χ3n) is 1.60. The smallest absolute Gasteiger partial charge is 0.0564 e. The van der Waals surface area contributed by atoms with E-state index in [0.717, 1.165) is 19.3 Å². The van der Waals surface area contributed by atoms with Gasteiger partial charge in [0.15, 0.2) is 0 Å². The molecule has 0 fully saturated rings. The number of aliphatic hydroxyl groups is 2. The van der Waals surface area contributed by atoms with E-state index < -0.39 is 6.10 Å². The normalized spacial score (nSPS) is 16.4. The van der Waals surface area contributed by atoms with Crippen LogP contribution in [0.25, 0.3) is 0 Å². The Labute approximate surface area is 68.2 Å². The molecule has 0 spiro atoms. The second kappa shape index (κ2) is 6.58. The van der Waals surface area contributed by atoms with Gasteiger partial charge in [-0.25, -0.2) is 0 Å². The zero-order valence-electron chi connectivity index (χ0n) is 7.16. The van der Waals surface area contributed by atoms with Crippen molar-refractivity contribution in [1.82, 2.24) is 0 Å². The van der Waals surface area contributed by atoms with Gasteiger partial charge in [0.2, 0.25) is 0 Å². The zero-order chi connectivity index (χ0) is 8.69. The van der Waals surface area contributed by atoms with Gasteiger partial charge in [-0.3, -0.25) is 0 Å². The molecule has 0 heterocycles. The molecule has 3 nitrogen and oxygen atoms in total. The molecule has 68 valence electrons. The summed E-state index contributed by atoms with van der Waals surface area (Å²) in [7, 11) is 0. The van der Waals surface area contributed by atoms with Gasteiger partial charge in [0.05, 0.1) is 12.2 Å². The average molecular weight is 161 g/mol. The third-order valence-corrected chi connectivity index (χ3v) is 1.60. The quantitative estimate of drug-likeness (QED) is 0.489. The first-order valence-electron chi connectivity index (χ1n) is 4.23. The van der Waals surface area contributed by atoms with Gasteiger partial charge >= 0.3 is 0 Å². The summed E-state index contributed by atoms with van der Waals surface area (Å²) in [5, 5.41) is 18.1.